The number of nitrogens with two attached hydrogens (primary N) is 1. The minimum Gasteiger partial charge on any atom is -0.327 e. The van der Waals surface area contributed by atoms with Crippen LogP contribution in [0.2, 0.25) is 0 Å². The fourth-order valence-electron chi connectivity index (χ4n) is 1.83. The van der Waals surface area contributed by atoms with Gasteiger partial charge in [0.05, 0.1) is 4.47 Å². The molecule has 0 fully saturated rings. The van der Waals surface area contributed by atoms with E-state index in [4.69, 9.17) is 5.73 Å². The molecule has 2 nitrogen and oxygen atoms in total. The molecule has 4 heteroatoms. The van der Waals surface area contributed by atoms with Crippen LogP contribution in [0.15, 0.2) is 47.1 Å². The van der Waals surface area contributed by atoms with Crippen molar-refractivity contribution in [2.24, 2.45) is 5.73 Å². The monoisotopic (exact) mass is 308 g/mol. The molecule has 0 saturated heterocycles. The highest BCUT2D eigenvalue weighted by atomic mass is 79.9. The summed E-state index contributed by atoms with van der Waals surface area (Å²) in [5.74, 6) is -0.253. The zero-order chi connectivity index (χ0) is 13.0. The number of hydrogen-bond acceptors (Lipinski definition) is 2. The Morgan fingerprint density at radius 2 is 2.06 bits per heavy atom. The minimum atomic E-state index is -0.253. The summed E-state index contributed by atoms with van der Waals surface area (Å²) in [5, 5.41) is 0. The molecule has 94 valence electrons. The summed E-state index contributed by atoms with van der Waals surface area (Å²) in [6, 6.07) is 10.8. The van der Waals surface area contributed by atoms with E-state index in [0.29, 0.717) is 10.9 Å². The number of benzene rings is 1. The Morgan fingerprint density at radius 1 is 1.22 bits per heavy atom. The molecule has 0 radical (unpaired) electrons. The predicted molar refractivity (Wildman–Crippen MR) is 73.7 cm³/mol. The first kappa shape index (κ1) is 13.2. The lowest BCUT2D eigenvalue weighted by atomic mass is 10.0. The van der Waals surface area contributed by atoms with E-state index in [1.807, 2.05) is 18.2 Å². The standard InChI is InChI=1S/C14H14BrFN2/c15-13-8-10(4-5-14(13)16)7-11(17)9-12-3-1-2-6-18-12/h1-6,8,11H,7,9,17H2. The minimum absolute atomic E-state index is 0.0164. The van der Waals surface area contributed by atoms with Crippen molar-refractivity contribution >= 4 is 15.9 Å². The Balaban J connectivity index is 1.99. The third kappa shape index (κ3) is 3.62. The molecule has 0 aliphatic carbocycles. The Morgan fingerprint density at radius 3 is 2.72 bits per heavy atom. The Kier molecular flexibility index (Phi) is 4.44. The van der Waals surface area contributed by atoms with Crippen molar-refractivity contribution in [3.8, 4) is 0 Å². The zero-order valence-corrected chi connectivity index (χ0v) is 11.4. The van der Waals surface area contributed by atoms with E-state index >= 15 is 0 Å². The summed E-state index contributed by atoms with van der Waals surface area (Å²) >= 11 is 3.17. The van der Waals surface area contributed by atoms with Gasteiger partial charge < -0.3 is 5.73 Å². The fourth-order valence-corrected chi connectivity index (χ4v) is 2.26. The van der Waals surface area contributed by atoms with Crippen molar-refractivity contribution < 1.29 is 4.39 Å². The quantitative estimate of drug-likeness (QED) is 0.942. The second-order valence-electron chi connectivity index (χ2n) is 4.24. The van der Waals surface area contributed by atoms with E-state index in [0.717, 1.165) is 17.7 Å². The van der Waals surface area contributed by atoms with Crippen LogP contribution < -0.4 is 5.73 Å². The molecule has 0 spiro atoms. The van der Waals surface area contributed by atoms with Gasteiger partial charge in [-0.05, 0) is 52.2 Å². The summed E-state index contributed by atoms with van der Waals surface area (Å²) in [6.45, 7) is 0. The molecule has 1 aromatic carbocycles. The number of aromatic nitrogens is 1. The zero-order valence-electron chi connectivity index (χ0n) is 9.81. The molecule has 0 amide bonds. The van der Waals surface area contributed by atoms with E-state index < -0.39 is 0 Å². The van der Waals surface area contributed by atoms with Crippen LogP contribution >= 0.6 is 15.9 Å². The number of hydrogen-bond donors (Lipinski definition) is 1. The van der Waals surface area contributed by atoms with E-state index in [1.54, 1.807) is 18.3 Å². The molecule has 0 aliphatic rings. The summed E-state index contributed by atoms with van der Waals surface area (Å²) < 4.78 is 13.6. The van der Waals surface area contributed by atoms with Crippen LogP contribution in [0, 0.1) is 5.82 Å². The largest absolute Gasteiger partial charge is 0.327 e. The highest BCUT2D eigenvalue weighted by molar-refractivity contribution is 9.10. The van der Waals surface area contributed by atoms with Gasteiger partial charge in [0.2, 0.25) is 0 Å². The summed E-state index contributed by atoms with van der Waals surface area (Å²) in [5.41, 5.74) is 8.07. The van der Waals surface area contributed by atoms with Gasteiger partial charge >= 0.3 is 0 Å². The molecular formula is C14H14BrFN2. The van der Waals surface area contributed by atoms with Crippen LogP contribution in [-0.4, -0.2) is 11.0 Å². The van der Waals surface area contributed by atoms with Gasteiger partial charge in [-0.3, -0.25) is 4.98 Å². The molecule has 18 heavy (non-hydrogen) atoms. The van der Waals surface area contributed by atoms with E-state index in [1.165, 1.54) is 6.07 Å². The maximum Gasteiger partial charge on any atom is 0.137 e. The highest BCUT2D eigenvalue weighted by Gasteiger charge is 2.08. The topological polar surface area (TPSA) is 38.9 Å². The van der Waals surface area contributed by atoms with Gasteiger partial charge in [-0.1, -0.05) is 12.1 Å². The molecule has 0 bridgehead atoms. The van der Waals surface area contributed by atoms with Gasteiger partial charge in [0, 0.05) is 24.4 Å². The van der Waals surface area contributed by atoms with Gasteiger partial charge in [-0.25, -0.2) is 4.39 Å². The molecule has 1 atom stereocenters. The normalized spacial score (nSPS) is 12.4. The summed E-state index contributed by atoms with van der Waals surface area (Å²) in [6.07, 6.45) is 3.18. The molecule has 0 saturated carbocycles. The first-order chi connectivity index (χ1) is 8.65. The number of rotatable bonds is 4. The van der Waals surface area contributed by atoms with Crippen LogP contribution in [0.5, 0.6) is 0 Å². The van der Waals surface area contributed by atoms with Crippen LogP contribution in [0.1, 0.15) is 11.3 Å². The molecule has 1 unspecified atom stereocenters. The van der Waals surface area contributed by atoms with Crippen molar-refractivity contribution in [3.05, 3.63) is 64.1 Å². The van der Waals surface area contributed by atoms with Gasteiger partial charge in [-0.2, -0.15) is 0 Å². The molecule has 2 aromatic rings. The maximum absolute atomic E-state index is 13.1. The second-order valence-corrected chi connectivity index (χ2v) is 5.09. The molecule has 2 N–H and O–H groups in total. The smallest absolute Gasteiger partial charge is 0.137 e. The van der Waals surface area contributed by atoms with Gasteiger partial charge in [0.1, 0.15) is 5.82 Å². The Labute approximate surface area is 114 Å². The molecule has 2 rings (SSSR count). The Hall–Kier alpha value is -1.26. The van der Waals surface area contributed by atoms with Crippen molar-refractivity contribution in [3.63, 3.8) is 0 Å². The molecular weight excluding hydrogens is 295 g/mol. The van der Waals surface area contributed by atoms with Crippen LogP contribution in [0.25, 0.3) is 0 Å². The van der Waals surface area contributed by atoms with Crippen LogP contribution in [-0.2, 0) is 12.8 Å². The highest BCUT2D eigenvalue weighted by Crippen LogP contribution is 2.18. The average molecular weight is 309 g/mol. The predicted octanol–water partition coefficient (Wildman–Crippen LogP) is 3.10. The van der Waals surface area contributed by atoms with E-state index in [2.05, 4.69) is 20.9 Å². The molecule has 1 heterocycles. The van der Waals surface area contributed by atoms with Crippen molar-refractivity contribution in [1.82, 2.24) is 4.98 Å². The second kappa shape index (κ2) is 6.07. The summed E-state index contributed by atoms with van der Waals surface area (Å²) in [4.78, 5) is 4.24. The maximum atomic E-state index is 13.1. The van der Waals surface area contributed by atoms with E-state index in [9.17, 15) is 4.39 Å². The molecule has 0 aliphatic heterocycles. The fraction of sp³-hybridized carbons (Fsp3) is 0.214. The van der Waals surface area contributed by atoms with Gasteiger partial charge in [-0.15, -0.1) is 0 Å². The summed E-state index contributed by atoms with van der Waals surface area (Å²) in [7, 11) is 0. The molecule has 1 aromatic heterocycles. The first-order valence-electron chi connectivity index (χ1n) is 5.74. The SMILES string of the molecule is NC(Cc1ccc(F)c(Br)c1)Cc1ccccn1. The van der Waals surface area contributed by atoms with Crippen LogP contribution in [0.3, 0.4) is 0 Å². The number of nitrogens with zero attached hydrogens (tertiary/aromatic N) is 1. The average Bonchev–Trinajstić information content (AvgIpc) is 2.35. The lowest BCUT2D eigenvalue weighted by Gasteiger charge is -2.11. The van der Waals surface area contributed by atoms with Gasteiger partial charge in [0.15, 0.2) is 0 Å². The Bertz CT molecular complexity index is 516. The van der Waals surface area contributed by atoms with Gasteiger partial charge in [0.25, 0.3) is 0 Å². The lowest BCUT2D eigenvalue weighted by molar-refractivity contribution is 0.616. The van der Waals surface area contributed by atoms with E-state index in [-0.39, 0.29) is 11.9 Å². The lowest BCUT2D eigenvalue weighted by Crippen LogP contribution is -2.25. The third-order valence-electron chi connectivity index (χ3n) is 2.68. The van der Waals surface area contributed by atoms with Crippen molar-refractivity contribution in [1.29, 1.82) is 0 Å². The third-order valence-corrected chi connectivity index (χ3v) is 3.29. The van der Waals surface area contributed by atoms with Crippen molar-refractivity contribution in [2.45, 2.75) is 18.9 Å². The van der Waals surface area contributed by atoms with Crippen LogP contribution in [0.4, 0.5) is 4.39 Å². The number of pyridine rings is 1. The number of halogens is 2. The first-order valence-corrected chi connectivity index (χ1v) is 6.54. The van der Waals surface area contributed by atoms with Crippen molar-refractivity contribution in [2.75, 3.05) is 0 Å².